The van der Waals surface area contributed by atoms with Crippen LogP contribution in [0.25, 0.3) is 0 Å². The average molecular weight is 347 g/mol. The molecule has 0 aliphatic rings. The van der Waals surface area contributed by atoms with E-state index in [-0.39, 0.29) is 10.6 Å². The number of hydrogen-bond acceptors (Lipinski definition) is 4. The maximum atomic E-state index is 13.6. The fourth-order valence-corrected chi connectivity index (χ4v) is 3.50. The van der Waals surface area contributed by atoms with Crippen molar-refractivity contribution in [3.05, 3.63) is 54.1 Å². The Labute approximate surface area is 126 Å². The third-order valence-corrected chi connectivity index (χ3v) is 5.23. The molecule has 2 aromatic rings. The lowest BCUT2D eigenvalue weighted by molar-refractivity contribution is 0.485. The number of halogens is 2. The van der Waals surface area contributed by atoms with Crippen molar-refractivity contribution in [2.24, 2.45) is 0 Å². The highest BCUT2D eigenvalue weighted by molar-refractivity contribution is 7.92. The van der Waals surface area contributed by atoms with Crippen LogP contribution in [0.5, 0.6) is 0 Å². The van der Waals surface area contributed by atoms with Gasteiger partial charge in [-0.05, 0) is 30.3 Å². The van der Waals surface area contributed by atoms with Gasteiger partial charge in [0.1, 0.15) is 4.90 Å². The van der Waals surface area contributed by atoms with Crippen molar-refractivity contribution in [2.75, 3.05) is 11.0 Å². The van der Waals surface area contributed by atoms with Gasteiger partial charge in [-0.25, -0.2) is 25.6 Å². The van der Waals surface area contributed by atoms with Crippen LogP contribution >= 0.6 is 0 Å². The molecule has 0 fully saturated rings. The summed E-state index contributed by atoms with van der Waals surface area (Å²) < 4.78 is 75.7. The van der Waals surface area contributed by atoms with E-state index < -0.39 is 36.4 Å². The highest BCUT2D eigenvalue weighted by Crippen LogP contribution is 2.22. The predicted octanol–water partition coefficient (Wildman–Crippen LogP) is 2.17. The Balaban J connectivity index is 2.44. The van der Waals surface area contributed by atoms with E-state index >= 15 is 0 Å². The largest absolute Gasteiger partial charge is 0.279 e. The summed E-state index contributed by atoms with van der Waals surface area (Å²) >= 11 is 0. The van der Waals surface area contributed by atoms with Crippen LogP contribution in [0.3, 0.4) is 0 Å². The molecule has 0 saturated carbocycles. The van der Waals surface area contributed by atoms with Crippen LogP contribution in [0.1, 0.15) is 0 Å². The van der Waals surface area contributed by atoms with Crippen molar-refractivity contribution in [1.29, 1.82) is 0 Å². The molecule has 118 valence electrons. The predicted molar refractivity (Wildman–Crippen MR) is 76.7 cm³/mol. The molecule has 22 heavy (non-hydrogen) atoms. The highest BCUT2D eigenvalue weighted by Gasteiger charge is 2.22. The summed E-state index contributed by atoms with van der Waals surface area (Å²) in [5.74, 6) is -2.80. The molecule has 0 aromatic heterocycles. The standard InChI is InChI=1S/C13H11F2NO4S2/c1-21(17,18)10-5-2-4-9(8-10)16-22(19,20)12-7-3-6-11(14)13(12)15/h2-8,16H,1H3. The maximum absolute atomic E-state index is 13.6. The zero-order chi connectivity index (χ0) is 16.5. The van der Waals surface area contributed by atoms with E-state index in [4.69, 9.17) is 0 Å². The molecule has 5 nitrogen and oxygen atoms in total. The number of nitrogens with one attached hydrogen (secondary N) is 1. The van der Waals surface area contributed by atoms with E-state index in [1.54, 1.807) is 0 Å². The number of rotatable bonds is 4. The number of benzene rings is 2. The van der Waals surface area contributed by atoms with Gasteiger partial charge in [-0.15, -0.1) is 0 Å². The molecule has 1 N–H and O–H groups in total. The minimum Gasteiger partial charge on any atom is -0.279 e. The Morgan fingerprint density at radius 2 is 1.59 bits per heavy atom. The molecule has 2 aromatic carbocycles. The van der Waals surface area contributed by atoms with E-state index in [9.17, 15) is 25.6 Å². The van der Waals surface area contributed by atoms with E-state index in [2.05, 4.69) is 0 Å². The Morgan fingerprint density at radius 3 is 2.23 bits per heavy atom. The zero-order valence-corrected chi connectivity index (χ0v) is 12.9. The lowest BCUT2D eigenvalue weighted by Gasteiger charge is -2.10. The minimum absolute atomic E-state index is 0.0772. The van der Waals surface area contributed by atoms with Gasteiger partial charge in [-0.2, -0.15) is 0 Å². The molecule has 0 bridgehead atoms. The Morgan fingerprint density at radius 1 is 0.955 bits per heavy atom. The van der Waals surface area contributed by atoms with Crippen molar-refractivity contribution in [3.8, 4) is 0 Å². The van der Waals surface area contributed by atoms with Gasteiger partial charge in [0, 0.05) is 6.26 Å². The number of anilines is 1. The molecule has 0 spiro atoms. The lowest BCUT2D eigenvalue weighted by atomic mass is 10.3. The fourth-order valence-electron chi connectivity index (χ4n) is 1.69. The number of sulfonamides is 1. The zero-order valence-electron chi connectivity index (χ0n) is 11.2. The Kier molecular flexibility index (Phi) is 4.21. The minimum atomic E-state index is -4.39. The lowest BCUT2D eigenvalue weighted by Crippen LogP contribution is -2.15. The van der Waals surface area contributed by atoms with Gasteiger partial charge >= 0.3 is 0 Å². The van der Waals surface area contributed by atoms with Crippen molar-refractivity contribution in [2.45, 2.75) is 9.79 Å². The maximum Gasteiger partial charge on any atom is 0.264 e. The van der Waals surface area contributed by atoms with Crippen molar-refractivity contribution >= 4 is 25.5 Å². The molecule has 0 amide bonds. The van der Waals surface area contributed by atoms with E-state index in [0.29, 0.717) is 0 Å². The summed E-state index contributed by atoms with van der Waals surface area (Å²) in [6, 6.07) is 7.75. The summed E-state index contributed by atoms with van der Waals surface area (Å²) in [7, 11) is -7.92. The summed E-state index contributed by atoms with van der Waals surface area (Å²) in [6.45, 7) is 0. The van der Waals surface area contributed by atoms with Gasteiger partial charge < -0.3 is 0 Å². The molecule has 0 unspecified atom stereocenters. The quantitative estimate of drug-likeness (QED) is 0.919. The fraction of sp³-hybridized carbons (Fsp3) is 0.0769. The molecule has 0 saturated heterocycles. The molecule has 9 heteroatoms. The van der Waals surface area contributed by atoms with Crippen molar-refractivity contribution < 1.29 is 25.6 Å². The van der Waals surface area contributed by atoms with Gasteiger partial charge in [-0.1, -0.05) is 12.1 Å². The molecule has 0 aliphatic heterocycles. The van der Waals surface area contributed by atoms with Gasteiger partial charge in [0.25, 0.3) is 10.0 Å². The first-order valence-electron chi connectivity index (χ1n) is 5.88. The van der Waals surface area contributed by atoms with Crippen molar-refractivity contribution in [1.82, 2.24) is 0 Å². The second-order valence-corrected chi connectivity index (χ2v) is 8.12. The smallest absolute Gasteiger partial charge is 0.264 e. The summed E-state index contributed by atoms with van der Waals surface area (Å²) in [5.41, 5.74) is -0.0772. The normalized spacial score (nSPS) is 12.1. The number of hydrogen-bond donors (Lipinski definition) is 1. The molecule has 0 radical (unpaired) electrons. The Bertz CT molecular complexity index is 925. The molecule has 2 rings (SSSR count). The second-order valence-electron chi connectivity index (χ2n) is 4.46. The first kappa shape index (κ1) is 16.4. The first-order valence-corrected chi connectivity index (χ1v) is 9.26. The second kappa shape index (κ2) is 5.65. The summed E-state index contributed by atoms with van der Waals surface area (Å²) in [5, 5.41) is 0. The third-order valence-electron chi connectivity index (χ3n) is 2.72. The summed E-state index contributed by atoms with van der Waals surface area (Å²) in [6.07, 6.45) is 0.965. The van der Waals surface area contributed by atoms with Crippen LogP contribution < -0.4 is 4.72 Å². The first-order chi connectivity index (χ1) is 10.1. The van der Waals surface area contributed by atoms with Crippen LogP contribution in [-0.4, -0.2) is 23.1 Å². The van der Waals surface area contributed by atoms with Gasteiger partial charge in [0.15, 0.2) is 21.5 Å². The molecular formula is C13H11F2NO4S2. The third kappa shape index (κ3) is 3.42. The average Bonchev–Trinajstić information content (AvgIpc) is 2.40. The van der Waals surface area contributed by atoms with Crippen LogP contribution in [-0.2, 0) is 19.9 Å². The molecule has 0 heterocycles. The van der Waals surface area contributed by atoms with E-state index in [1.807, 2.05) is 4.72 Å². The van der Waals surface area contributed by atoms with Crippen LogP contribution in [0, 0.1) is 11.6 Å². The summed E-state index contributed by atoms with van der Waals surface area (Å²) in [4.78, 5) is -0.968. The van der Waals surface area contributed by atoms with E-state index in [1.165, 1.54) is 18.2 Å². The van der Waals surface area contributed by atoms with Crippen molar-refractivity contribution in [3.63, 3.8) is 0 Å². The van der Waals surface area contributed by atoms with E-state index in [0.717, 1.165) is 30.5 Å². The topological polar surface area (TPSA) is 80.3 Å². The van der Waals surface area contributed by atoms with Crippen LogP contribution in [0.4, 0.5) is 14.5 Å². The Hall–Kier alpha value is -2.00. The van der Waals surface area contributed by atoms with Gasteiger partial charge in [-0.3, -0.25) is 4.72 Å². The van der Waals surface area contributed by atoms with Gasteiger partial charge in [0.05, 0.1) is 10.6 Å². The SMILES string of the molecule is CS(=O)(=O)c1cccc(NS(=O)(=O)c2cccc(F)c2F)c1. The molecule has 0 aliphatic carbocycles. The highest BCUT2D eigenvalue weighted by atomic mass is 32.2. The number of sulfone groups is 1. The van der Waals surface area contributed by atoms with Crippen LogP contribution in [0.2, 0.25) is 0 Å². The molecule has 0 atom stereocenters. The van der Waals surface area contributed by atoms with Crippen LogP contribution in [0.15, 0.2) is 52.3 Å². The molecular weight excluding hydrogens is 336 g/mol. The monoisotopic (exact) mass is 347 g/mol. The van der Waals surface area contributed by atoms with Gasteiger partial charge in [0.2, 0.25) is 0 Å².